The first-order chi connectivity index (χ1) is 16.4. The van der Waals surface area contributed by atoms with Crippen LogP contribution in [0.5, 0.6) is 0 Å². The second-order valence-corrected chi connectivity index (χ2v) is 9.19. The molecule has 3 aromatic heterocycles. The number of benzene rings is 1. The molecular formula is C26H21BrN4O3. The van der Waals surface area contributed by atoms with Crippen LogP contribution in [-0.2, 0) is 16.1 Å². The molecule has 7 nitrogen and oxygen atoms in total. The van der Waals surface area contributed by atoms with E-state index in [9.17, 15) is 14.7 Å². The first kappa shape index (κ1) is 22.0. The zero-order valence-electron chi connectivity index (χ0n) is 18.6. The average Bonchev–Trinajstić information content (AvgIpc) is 3.30. The maximum Gasteiger partial charge on any atom is 0.295 e. The number of aryl methyl sites for hydroxylation is 2. The maximum atomic E-state index is 13.3. The van der Waals surface area contributed by atoms with Crippen LogP contribution >= 0.6 is 15.9 Å². The number of likely N-dealkylation sites (tertiary alicyclic amines) is 1. The van der Waals surface area contributed by atoms with Crippen molar-refractivity contribution in [3.05, 3.63) is 105 Å². The topological polar surface area (TPSA) is 87.8 Å². The fourth-order valence-corrected chi connectivity index (χ4v) is 4.85. The van der Waals surface area contributed by atoms with Crippen molar-refractivity contribution in [2.24, 2.45) is 0 Å². The normalized spacial score (nSPS) is 17.6. The number of hydrogen-bond donors (Lipinski definition) is 1. The first-order valence-corrected chi connectivity index (χ1v) is 11.5. The lowest BCUT2D eigenvalue weighted by molar-refractivity contribution is -0.140. The van der Waals surface area contributed by atoms with E-state index in [1.165, 1.54) is 4.90 Å². The number of aromatic nitrogens is 3. The molecule has 0 radical (unpaired) electrons. The number of amides is 1. The summed E-state index contributed by atoms with van der Waals surface area (Å²) in [4.78, 5) is 36.7. The Balaban J connectivity index is 1.72. The van der Waals surface area contributed by atoms with Gasteiger partial charge in [0, 0.05) is 29.6 Å². The molecule has 1 aliphatic rings. The minimum atomic E-state index is -0.775. The van der Waals surface area contributed by atoms with Crippen LogP contribution in [0, 0.1) is 13.8 Å². The quantitative estimate of drug-likeness (QED) is 0.240. The van der Waals surface area contributed by atoms with Crippen LogP contribution in [-0.4, -0.2) is 36.1 Å². The number of carbonyl (C=O) groups excluding carboxylic acids is 2. The summed E-state index contributed by atoms with van der Waals surface area (Å²) in [6, 6.07) is 14.1. The molecule has 0 aliphatic carbocycles. The van der Waals surface area contributed by atoms with Crippen molar-refractivity contribution in [1.29, 1.82) is 0 Å². The molecule has 1 N–H and O–H groups in total. The monoisotopic (exact) mass is 516 g/mol. The van der Waals surface area contributed by atoms with Gasteiger partial charge in [0.05, 0.1) is 17.3 Å². The van der Waals surface area contributed by atoms with E-state index in [-0.39, 0.29) is 23.6 Å². The largest absolute Gasteiger partial charge is 0.505 e. The van der Waals surface area contributed by atoms with Gasteiger partial charge in [-0.15, -0.1) is 0 Å². The predicted octanol–water partition coefficient (Wildman–Crippen LogP) is 4.73. The number of pyridine rings is 2. The summed E-state index contributed by atoms with van der Waals surface area (Å²) in [5.41, 5.74) is 4.10. The smallest absolute Gasteiger partial charge is 0.295 e. The van der Waals surface area contributed by atoms with E-state index >= 15 is 0 Å². The van der Waals surface area contributed by atoms with Crippen LogP contribution in [0.2, 0.25) is 0 Å². The van der Waals surface area contributed by atoms with Crippen LogP contribution in [0.15, 0.2) is 77.2 Å². The van der Waals surface area contributed by atoms with Crippen molar-refractivity contribution in [2.45, 2.75) is 26.4 Å². The van der Waals surface area contributed by atoms with Gasteiger partial charge in [0.25, 0.3) is 11.7 Å². The summed E-state index contributed by atoms with van der Waals surface area (Å²) in [7, 11) is 0. The lowest BCUT2D eigenvalue weighted by Gasteiger charge is -2.25. The third kappa shape index (κ3) is 3.60. The van der Waals surface area contributed by atoms with E-state index in [4.69, 9.17) is 0 Å². The zero-order valence-corrected chi connectivity index (χ0v) is 20.2. The number of carbonyl (C=O) groups is 2. The van der Waals surface area contributed by atoms with E-state index in [1.54, 1.807) is 18.5 Å². The number of rotatable bonds is 4. The average molecular weight is 517 g/mol. The molecule has 8 heteroatoms. The molecule has 1 amide bonds. The van der Waals surface area contributed by atoms with Gasteiger partial charge in [-0.1, -0.05) is 40.2 Å². The third-order valence-electron chi connectivity index (χ3n) is 6.09. The lowest BCUT2D eigenvalue weighted by Crippen LogP contribution is -2.29. The summed E-state index contributed by atoms with van der Waals surface area (Å²) < 4.78 is 2.67. The van der Waals surface area contributed by atoms with Crippen molar-refractivity contribution < 1.29 is 14.7 Å². The minimum absolute atomic E-state index is 0.0242. The molecule has 1 atom stereocenters. The Bertz CT molecular complexity index is 1480. The van der Waals surface area contributed by atoms with E-state index in [0.717, 1.165) is 15.6 Å². The number of imidazole rings is 1. The Labute approximate surface area is 204 Å². The van der Waals surface area contributed by atoms with Gasteiger partial charge >= 0.3 is 0 Å². The number of ketones is 1. The SMILES string of the molecule is Cc1cccn2c(C)c(C(O)=C3C(=O)C(=O)N(Cc4cccnc4)C3c3cccc(Br)c3)nc12. The highest BCUT2D eigenvalue weighted by Gasteiger charge is 2.46. The Morgan fingerprint density at radius 2 is 1.94 bits per heavy atom. The van der Waals surface area contributed by atoms with Gasteiger partial charge in [-0.25, -0.2) is 4.98 Å². The van der Waals surface area contributed by atoms with Crippen LogP contribution in [0.3, 0.4) is 0 Å². The summed E-state index contributed by atoms with van der Waals surface area (Å²) in [5, 5.41) is 11.4. The summed E-state index contributed by atoms with van der Waals surface area (Å²) >= 11 is 3.48. The van der Waals surface area contributed by atoms with Gasteiger partial charge in [0.2, 0.25) is 0 Å². The van der Waals surface area contributed by atoms with Crippen LogP contribution < -0.4 is 0 Å². The second kappa shape index (κ2) is 8.53. The second-order valence-electron chi connectivity index (χ2n) is 8.27. The number of Topliss-reactive ketones (excluding diaryl/α,β-unsaturated/α-hetero) is 1. The maximum absolute atomic E-state index is 13.3. The van der Waals surface area contributed by atoms with E-state index in [0.29, 0.717) is 16.9 Å². The third-order valence-corrected chi connectivity index (χ3v) is 6.58. The number of aliphatic hydroxyl groups is 1. The molecular weight excluding hydrogens is 496 g/mol. The Hall–Kier alpha value is -3.78. The lowest BCUT2D eigenvalue weighted by atomic mass is 9.96. The van der Waals surface area contributed by atoms with Gasteiger partial charge in [0.15, 0.2) is 5.76 Å². The highest BCUT2D eigenvalue weighted by Crippen LogP contribution is 2.41. The molecule has 170 valence electrons. The number of nitrogens with zero attached hydrogens (tertiary/aromatic N) is 4. The fourth-order valence-electron chi connectivity index (χ4n) is 4.43. The highest BCUT2D eigenvalue weighted by molar-refractivity contribution is 9.10. The van der Waals surface area contributed by atoms with E-state index in [1.807, 2.05) is 66.9 Å². The number of fused-ring (bicyclic) bond motifs is 1. The van der Waals surface area contributed by atoms with Gasteiger partial charge < -0.3 is 14.4 Å². The number of hydrogen-bond acceptors (Lipinski definition) is 5. The Kier molecular flexibility index (Phi) is 5.53. The van der Waals surface area contributed by atoms with Gasteiger partial charge in [0.1, 0.15) is 11.3 Å². The fraction of sp³-hybridized carbons (Fsp3) is 0.154. The summed E-state index contributed by atoms with van der Waals surface area (Å²) in [6.45, 7) is 3.93. The van der Waals surface area contributed by atoms with Crippen molar-refractivity contribution >= 4 is 39.0 Å². The van der Waals surface area contributed by atoms with Crippen LogP contribution in [0.4, 0.5) is 0 Å². The van der Waals surface area contributed by atoms with Crippen molar-refractivity contribution in [1.82, 2.24) is 19.3 Å². The Morgan fingerprint density at radius 1 is 1.12 bits per heavy atom. The molecule has 4 heterocycles. The minimum Gasteiger partial charge on any atom is -0.505 e. The Morgan fingerprint density at radius 3 is 2.65 bits per heavy atom. The van der Waals surface area contributed by atoms with E-state index in [2.05, 4.69) is 25.9 Å². The molecule has 0 bridgehead atoms. The standard InChI is InChI=1S/C26H21BrN4O3/c1-15-6-5-11-30-16(2)21(29-25(15)30)23(32)20-22(18-8-3-9-19(27)12-18)31(26(34)24(20)33)14-17-7-4-10-28-13-17/h3-13,22,32H,14H2,1-2H3. The molecule has 1 aliphatic heterocycles. The predicted molar refractivity (Wildman–Crippen MR) is 131 cm³/mol. The van der Waals surface area contributed by atoms with Crippen molar-refractivity contribution in [2.75, 3.05) is 0 Å². The molecule has 1 saturated heterocycles. The molecule has 0 saturated carbocycles. The van der Waals surface area contributed by atoms with Crippen LogP contribution in [0.1, 0.15) is 34.1 Å². The van der Waals surface area contributed by atoms with Gasteiger partial charge in [-0.3, -0.25) is 14.6 Å². The first-order valence-electron chi connectivity index (χ1n) is 10.7. The van der Waals surface area contributed by atoms with Crippen molar-refractivity contribution in [3.63, 3.8) is 0 Å². The number of halogens is 1. The molecule has 34 heavy (non-hydrogen) atoms. The van der Waals surface area contributed by atoms with Gasteiger partial charge in [-0.05, 0) is 54.8 Å². The van der Waals surface area contributed by atoms with Gasteiger partial charge in [-0.2, -0.15) is 0 Å². The molecule has 5 rings (SSSR count). The molecule has 1 aromatic carbocycles. The summed E-state index contributed by atoms with van der Waals surface area (Å²) in [6.07, 6.45) is 5.16. The van der Waals surface area contributed by atoms with Crippen molar-refractivity contribution in [3.8, 4) is 0 Å². The molecule has 4 aromatic rings. The molecule has 1 unspecified atom stereocenters. The van der Waals surface area contributed by atoms with E-state index < -0.39 is 17.7 Å². The number of aliphatic hydroxyl groups excluding tert-OH is 1. The molecule has 0 spiro atoms. The van der Waals surface area contributed by atoms with Crippen LogP contribution in [0.25, 0.3) is 11.4 Å². The molecule has 1 fully saturated rings. The highest BCUT2D eigenvalue weighted by atomic mass is 79.9. The summed E-state index contributed by atoms with van der Waals surface area (Å²) in [5.74, 6) is -1.69. The zero-order chi connectivity index (χ0) is 24.0.